The van der Waals surface area contributed by atoms with Crippen molar-refractivity contribution in [2.75, 3.05) is 26.3 Å². The Morgan fingerprint density at radius 1 is 1.48 bits per heavy atom. The summed E-state index contributed by atoms with van der Waals surface area (Å²) in [5.74, 6) is 0.532. The number of imidazole rings is 1. The van der Waals surface area contributed by atoms with Crippen molar-refractivity contribution in [1.82, 2.24) is 19.1 Å². The lowest BCUT2D eigenvalue weighted by atomic mass is 10.1. The summed E-state index contributed by atoms with van der Waals surface area (Å²) in [7, 11) is 1.93. The van der Waals surface area contributed by atoms with Gasteiger partial charge in [-0.3, -0.25) is 4.79 Å². The van der Waals surface area contributed by atoms with Crippen molar-refractivity contribution in [1.29, 1.82) is 0 Å². The van der Waals surface area contributed by atoms with E-state index in [0.717, 1.165) is 44.8 Å². The number of fused-ring (bicyclic) bond motifs is 1. The van der Waals surface area contributed by atoms with E-state index < -0.39 is 0 Å². The molecular weight excluding hydrogens is 268 g/mol. The molecule has 0 N–H and O–H groups in total. The second kappa shape index (κ2) is 5.89. The Morgan fingerprint density at radius 2 is 2.33 bits per heavy atom. The predicted octanol–water partition coefficient (Wildman–Crippen LogP) is 1.56. The molecule has 6 nitrogen and oxygen atoms in total. The van der Waals surface area contributed by atoms with Crippen LogP contribution in [0.4, 0.5) is 0 Å². The van der Waals surface area contributed by atoms with E-state index >= 15 is 0 Å². The Kier molecular flexibility index (Phi) is 3.96. The Morgan fingerprint density at radius 3 is 3.14 bits per heavy atom. The van der Waals surface area contributed by atoms with Gasteiger partial charge >= 0.3 is 0 Å². The van der Waals surface area contributed by atoms with E-state index in [1.807, 2.05) is 28.9 Å². The van der Waals surface area contributed by atoms with E-state index in [0.29, 0.717) is 11.5 Å². The van der Waals surface area contributed by atoms with Crippen LogP contribution < -0.4 is 0 Å². The molecule has 0 spiro atoms. The molecule has 2 aromatic rings. The Bertz CT molecular complexity index is 631. The van der Waals surface area contributed by atoms with Crippen molar-refractivity contribution in [2.24, 2.45) is 13.0 Å². The van der Waals surface area contributed by atoms with Crippen LogP contribution in [0.2, 0.25) is 0 Å². The number of amides is 1. The molecule has 1 amide bonds. The van der Waals surface area contributed by atoms with E-state index in [-0.39, 0.29) is 5.91 Å². The Balaban J connectivity index is 1.67. The van der Waals surface area contributed by atoms with E-state index in [4.69, 9.17) is 4.74 Å². The van der Waals surface area contributed by atoms with Crippen LogP contribution in [0, 0.1) is 5.92 Å². The Hall–Kier alpha value is -1.82. The molecular formula is C15H22N4O2. The number of nitrogens with zero attached hydrogens (tertiary/aromatic N) is 4. The van der Waals surface area contributed by atoms with Crippen molar-refractivity contribution in [3.8, 4) is 0 Å². The monoisotopic (exact) mass is 290 g/mol. The molecule has 21 heavy (non-hydrogen) atoms. The normalized spacial score (nSPS) is 18.8. The highest BCUT2D eigenvalue weighted by Gasteiger charge is 2.29. The van der Waals surface area contributed by atoms with Crippen LogP contribution in [-0.4, -0.2) is 51.3 Å². The van der Waals surface area contributed by atoms with Crippen LogP contribution in [0.25, 0.3) is 5.65 Å². The molecule has 1 fully saturated rings. The van der Waals surface area contributed by atoms with Crippen molar-refractivity contribution < 1.29 is 9.53 Å². The number of aryl methyl sites for hydroxylation is 1. The maximum atomic E-state index is 12.7. The van der Waals surface area contributed by atoms with Gasteiger partial charge in [0.25, 0.3) is 5.91 Å². The average molecular weight is 290 g/mol. The van der Waals surface area contributed by atoms with Crippen LogP contribution in [0.3, 0.4) is 0 Å². The summed E-state index contributed by atoms with van der Waals surface area (Å²) >= 11 is 0. The summed E-state index contributed by atoms with van der Waals surface area (Å²) in [6, 6.07) is 0. The Labute approximate surface area is 124 Å². The summed E-state index contributed by atoms with van der Waals surface area (Å²) in [6.45, 7) is 5.25. The fourth-order valence-corrected chi connectivity index (χ4v) is 2.92. The lowest BCUT2D eigenvalue weighted by Gasteiger charge is -2.16. The molecule has 2 aromatic heterocycles. The van der Waals surface area contributed by atoms with E-state index in [9.17, 15) is 4.79 Å². The number of carbonyl (C=O) groups is 1. The molecule has 1 aliphatic heterocycles. The summed E-state index contributed by atoms with van der Waals surface area (Å²) in [6.07, 6.45) is 7.49. The van der Waals surface area contributed by atoms with Crippen LogP contribution in [0.5, 0.6) is 0 Å². The predicted molar refractivity (Wildman–Crippen MR) is 79.3 cm³/mol. The number of rotatable bonds is 5. The fourth-order valence-electron chi connectivity index (χ4n) is 2.92. The molecule has 0 aliphatic carbocycles. The largest absolute Gasteiger partial charge is 0.381 e. The molecule has 1 saturated heterocycles. The lowest BCUT2D eigenvalue weighted by Crippen LogP contribution is -2.29. The molecule has 0 bridgehead atoms. The smallest absolute Gasteiger partial charge is 0.259 e. The van der Waals surface area contributed by atoms with Gasteiger partial charge in [0.15, 0.2) is 0 Å². The third-order valence-electron chi connectivity index (χ3n) is 4.04. The summed E-state index contributed by atoms with van der Waals surface area (Å²) in [5, 5.41) is 4.24. The maximum absolute atomic E-state index is 12.7. The fraction of sp³-hybridized carbons (Fsp3) is 0.600. The van der Waals surface area contributed by atoms with Crippen LogP contribution in [0.15, 0.2) is 18.6 Å². The molecule has 0 saturated carbocycles. The summed E-state index contributed by atoms with van der Waals surface area (Å²) < 4.78 is 9.27. The van der Waals surface area contributed by atoms with Crippen molar-refractivity contribution in [3.05, 3.63) is 24.2 Å². The minimum atomic E-state index is 0.0739. The minimum absolute atomic E-state index is 0.0739. The maximum Gasteiger partial charge on any atom is 0.259 e. The molecule has 1 aliphatic rings. The number of aromatic nitrogens is 3. The van der Waals surface area contributed by atoms with E-state index in [1.54, 1.807) is 10.7 Å². The van der Waals surface area contributed by atoms with E-state index in [1.165, 1.54) is 0 Å². The lowest BCUT2D eigenvalue weighted by molar-refractivity contribution is 0.0756. The van der Waals surface area contributed by atoms with Gasteiger partial charge in [-0.15, -0.1) is 0 Å². The van der Waals surface area contributed by atoms with Crippen molar-refractivity contribution in [2.45, 2.75) is 19.8 Å². The highest BCUT2D eigenvalue weighted by atomic mass is 16.5. The van der Waals surface area contributed by atoms with Gasteiger partial charge in [0.05, 0.1) is 12.8 Å². The summed E-state index contributed by atoms with van der Waals surface area (Å²) in [4.78, 5) is 14.6. The van der Waals surface area contributed by atoms with Gasteiger partial charge in [0.2, 0.25) is 0 Å². The summed E-state index contributed by atoms with van der Waals surface area (Å²) in [5.41, 5.74) is 1.53. The van der Waals surface area contributed by atoms with Gasteiger partial charge in [-0.25, -0.2) is 4.52 Å². The van der Waals surface area contributed by atoms with Gasteiger partial charge in [-0.1, -0.05) is 6.92 Å². The first-order valence-electron chi connectivity index (χ1n) is 7.56. The molecule has 0 aromatic carbocycles. The topological polar surface area (TPSA) is 51.8 Å². The van der Waals surface area contributed by atoms with Gasteiger partial charge in [-0.05, 0) is 12.8 Å². The highest BCUT2D eigenvalue weighted by Crippen LogP contribution is 2.21. The highest BCUT2D eigenvalue weighted by molar-refractivity contribution is 5.99. The molecule has 114 valence electrons. The standard InChI is InChI=1S/C15H22N4O2/c1-3-8-21-11-12-4-5-18(10-12)15(20)13-9-16-19-7-6-17(2)14(13)19/h6-7,9,12H,3-5,8,10-11H2,1-2H3. The third-order valence-corrected chi connectivity index (χ3v) is 4.04. The van der Waals surface area contributed by atoms with Gasteiger partial charge in [0, 0.05) is 45.1 Å². The quantitative estimate of drug-likeness (QED) is 0.785. The van der Waals surface area contributed by atoms with Crippen LogP contribution in [0.1, 0.15) is 30.1 Å². The van der Waals surface area contributed by atoms with Gasteiger partial charge < -0.3 is 14.2 Å². The number of carbonyl (C=O) groups excluding carboxylic acids is 1. The second-order valence-electron chi connectivity index (χ2n) is 5.72. The van der Waals surface area contributed by atoms with Gasteiger partial charge in [0.1, 0.15) is 11.2 Å². The SMILES string of the molecule is CCCOCC1CCN(C(=O)c2cnn3ccn(C)c23)C1. The minimum Gasteiger partial charge on any atom is -0.381 e. The van der Waals surface area contributed by atoms with Crippen molar-refractivity contribution >= 4 is 11.6 Å². The first-order chi connectivity index (χ1) is 10.2. The zero-order valence-corrected chi connectivity index (χ0v) is 12.7. The molecule has 1 atom stereocenters. The van der Waals surface area contributed by atoms with Crippen molar-refractivity contribution in [3.63, 3.8) is 0 Å². The molecule has 1 unspecified atom stereocenters. The van der Waals surface area contributed by atoms with Crippen LogP contribution in [-0.2, 0) is 11.8 Å². The zero-order chi connectivity index (χ0) is 14.8. The molecule has 0 radical (unpaired) electrons. The van der Waals surface area contributed by atoms with Crippen LogP contribution >= 0.6 is 0 Å². The third kappa shape index (κ3) is 2.68. The average Bonchev–Trinajstić information content (AvgIpc) is 3.17. The number of ether oxygens (including phenoxy) is 1. The number of hydrogen-bond acceptors (Lipinski definition) is 3. The van der Waals surface area contributed by atoms with E-state index in [2.05, 4.69) is 12.0 Å². The second-order valence-corrected chi connectivity index (χ2v) is 5.72. The molecule has 3 rings (SSSR count). The number of likely N-dealkylation sites (tertiary alicyclic amines) is 1. The number of hydrogen-bond donors (Lipinski definition) is 0. The van der Waals surface area contributed by atoms with Gasteiger partial charge in [-0.2, -0.15) is 5.10 Å². The first-order valence-corrected chi connectivity index (χ1v) is 7.56. The molecule has 6 heteroatoms. The first kappa shape index (κ1) is 14.1. The molecule has 3 heterocycles. The zero-order valence-electron chi connectivity index (χ0n) is 12.7.